The normalized spacial score (nSPS) is 12.3. The van der Waals surface area contributed by atoms with Gasteiger partial charge in [-0.3, -0.25) is 0 Å². The molecular formula is C17H19BrFN. The Bertz CT molecular complexity index is 522. The molecule has 0 aliphatic rings. The van der Waals surface area contributed by atoms with Gasteiger partial charge in [0.1, 0.15) is 5.82 Å². The molecule has 1 atom stereocenters. The summed E-state index contributed by atoms with van der Waals surface area (Å²) in [5.41, 5.74) is 8.42. The van der Waals surface area contributed by atoms with Crippen molar-refractivity contribution in [3.63, 3.8) is 0 Å². The monoisotopic (exact) mass is 335 g/mol. The molecule has 1 unspecified atom stereocenters. The summed E-state index contributed by atoms with van der Waals surface area (Å²) in [7, 11) is 0. The van der Waals surface area contributed by atoms with Gasteiger partial charge in [0.15, 0.2) is 0 Å². The second kappa shape index (κ2) is 7.55. The molecular weight excluding hydrogens is 317 g/mol. The number of rotatable bonds is 6. The van der Waals surface area contributed by atoms with E-state index in [4.69, 9.17) is 5.73 Å². The summed E-state index contributed by atoms with van der Waals surface area (Å²) in [6, 6.07) is 15.4. The van der Waals surface area contributed by atoms with E-state index in [-0.39, 0.29) is 11.9 Å². The Morgan fingerprint density at radius 3 is 2.50 bits per heavy atom. The lowest BCUT2D eigenvalue weighted by Gasteiger charge is -2.12. The van der Waals surface area contributed by atoms with E-state index in [1.807, 2.05) is 12.1 Å². The number of hydrogen-bond acceptors (Lipinski definition) is 1. The highest BCUT2D eigenvalue weighted by Gasteiger charge is 2.06. The van der Waals surface area contributed by atoms with Crippen molar-refractivity contribution < 1.29 is 4.39 Å². The van der Waals surface area contributed by atoms with Crippen LogP contribution in [-0.2, 0) is 12.8 Å². The van der Waals surface area contributed by atoms with Gasteiger partial charge < -0.3 is 5.73 Å². The van der Waals surface area contributed by atoms with E-state index in [2.05, 4.69) is 40.2 Å². The third-order valence-electron chi connectivity index (χ3n) is 3.30. The average molecular weight is 336 g/mol. The van der Waals surface area contributed by atoms with Gasteiger partial charge in [0.05, 0.1) is 0 Å². The van der Waals surface area contributed by atoms with Crippen molar-refractivity contribution in [3.8, 4) is 0 Å². The van der Waals surface area contributed by atoms with Crippen LogP contribution in [0.3, 0.4) is 0 Å². The molecule has 0 saturated carbocycles. The molecule has 2 aromatic carbocycles. The number of hydrogen-bond donors (Lipinski definition) is 1. The highest BCUT2D eigenvalue weighted by molar-refractivity contribution is 9.10. The molecule has 20 heavy (non-hydrogen) atoms. The molecule has 0 amide bonds. The van der Waals surface area contributed by atoms with Crippen LogP contribution in [0.15, 0.2) is 53.0 Å². The molecule has 1 nitrogen and oxygen atoms in total. The molecule has 0 saturated heterocycles. The fourth-order valence-electron chi connectivity index (χ4n) is 2.35. The highest BCUT2D eigenvalue weighted by Crippen LogP contribution is 2.17. The summed E-state index contributed by atoms with van der Waals surface area (Å²) in [5.74, 6) is -0.217. The van der Waals surface area contributed by atoms with E-state index >= 15 is 0 Å². The molecule has 0 fully saturated rings. The average Bonchev–Trinajstić information content (AvgIpc) is 2.38. The zero-order valence-corrected chi connectivity index (χ0v) is 12.9. The van der Waals surface area contributed by atoms with Crippen molar-refractivity contribution in [2.75, 3.05) is 0 Å². The van der Waals surface area contributed by atoms with Gasteiger partial charge in [-0.15, -0.1) is 0 Å². The van der Waals surface area contributed by atoms with Gasteiger partial charge in [0.25, 0.3) is 0 Å². The van der Waals surface area contributed by atoms with Gasteiger partial charge in [0.2, 0.25) is 0 Å². The van der Waals surface area contributed by atoms with Crippen LogP contribution in [0.25, 0.3) is 0 Å². The maximum Gasteiger partial charge on any atom is 0.124 e. The van der Waals surface area contributed by atoms with Crippen LogP contribution < -0.4 is 5.73 Å². The molecule has 2 N–H and O–H groups in total. The van der Waals surface area contributed by atoms with Crippen molar-refractivity contribution in [3.05, 3.63) is 69.9 Å². The fourth-order valence-corrected chi connectivity index (χ4v) is 2.86. The molecule has 106 valence electrons. The Morgan fingerprint density at radius 2 is 1.80 bits per heavy atom. The first kappa shape index (κ1) is 15.2. The van der Waals surface area contributed by atoms with Crippen LogP contribution in [0.4, 0.5) is 4.39 Å². The molecule has 0 heterocycles. The van der Waals surface area contributed by atoms with Crippen LogP contribution in [0.2, 0.25) is 0 Å². The Morgan fingerprint density at radius 1 is 1.05 bits per heavy atom. The number of nitrogens with two attached hydrogens (primary N) is 1. The van der Waals surface area contributed by atoms with Gasteiger partial charge in [-0.25, -0.2) is 4.39 Å². The van der Waals surface area contributed by atoms with E-state index in [1.165, 1.54) is 11.6 Å². The molecule has 0 aliphatic carbocycles. The first-order chi connectivity index (χ1) is 9.63. The van der Waals surface area contributed by atoms with Gasteiger partial charge in [-0.05, 0) is 55.0 Å². The third-order valence-corrected chi connectivity index (χ3v) is 3.76. The lowest BCUT2D eigenvalue weighted by atomic mass is 10.00. The van der Waals surface area contributed by atoms with Crippen LogP contribution in [0.1, 0.15) is 24.0 Å². The zero-order valence-electron chi connectivity index (χ0n) is 11.4. The van der Waals surface area contributed by atoms with Crippen molar-refractivity contribution in [1.82, 2.24) is 0 Å². The van der Waals surface area contributed by atoms with Crippen molar-refractivity contribution in [1.29, 1.82) is 0 Å². The molecule has 0 radical (unpaired) electrons. The topological polar surface area (TPSA) is 26.0 Å². The summed E-state index contributed by atoms with van der Waals surface area (Å²) in [6.07, 6.45) is 3.76. The standard InChI is InChI=1S/C17H19BrFN/c18-15-9-14(10-16(19)12-15)11-17(20)8-4-7-13-5-2-1-3-6-13/h1-3,5-6,9-10,12,17H,4,7-8,11,20H2. The number of benzene rings is 2. The Labute approximate surface area is 128 Å². The minimum Gasteiger partial charge on any atom is -0.327 e. The molecule has 2 rings (SSSR count). The largest absolute Gasteiger partial charge is 0.327 e. The molecule has 0 bridgehead atoms. The van der Waals surface area contributed by atoms with Crippen LogP contribution in [0.5, 0.6) is 0 Å². The summed E-state index contributed by atoms with van der Waals surface area (Å²) in [4.78, 5) is 0. The lowest BCUT2D eigenvalue weighted by Crippen LogP contribution is -2.22. The van der Waals surface area contributed by atoms with Gasteiger partial charge in [0, 0.05) is 10.5 Å². The lowest BCUT2D eigenvalue weighted by molar-refractivity contribution is 0.575. The first-order valence-electron chi connectivity index (χ1n) is 6.88. The SMILES string of the molecule is NC(CCCc1ccccc1)Cc1cc(F)cc(Br)c1. The van der Waals surface area contributed by atoms with Gasteiger partial charge in [-0.2, -0.15) is 0 Å². The molecule has 3 heteroatoms. The second-order valence-corrected chi connectivity index (χ2v) is 6.04. The third kappa shape index (κ3) is 5.06. The number of halogens is 2. The fraction of sp³-hybridized carbons (Fsp3) is 0.294. The van der Waals surface area contributed by atoms with Gasteiger partial charge in [-0.1, -0.05) is 46.3 Å². The highest BCUT2D eigenvalue weighted by atomic mass is 79.9. The second-order valence-electron chi connectivity index (χ2n) is 5.12. The predicted octanol–water partition coefficient (Wildman–Crippen LogP) is 4.48. The molecule has 2 aromatic rings. The first-order valence-corrected chi connectivity index (χ1v) is 7.67. The Kier molecular flexibility index (Phi) is 5.74. The van der Waals surface area contributed by atoms with Crippen LogP contribution >= 0.6 is 15.9 Å². The summed E-state index contributed by atoms with van der Waals surface area (Å²) < 4.78 is 14.0. The van der Waals surface area contributed by atoms with Crippen LogP contribution in [-0.4, -0.2) is 6.04 Å². The molecule has 0 aromatic heterocycles. The van der Waals surface area contributed by atoms with E-state index in [1.54, 1.807) is 6.07 Å². The Balaban J connectivity index is 1.79. The summed E-state index contributed by atoms with van der Waals surface area (Å²) in [5, 5.41) is 0. The zero-order chi connectivity index (χ0) is 14.4. The maximum absolute atomic E-state index is 13.3. The maximum atomic E-state index is 13.3. The summed E-state index contributed by atoms with van der Waals surface area (Å²) >= 11 is 3.31. The molecule has 0 aliphatic heterocycles. The van der Waals surface area contributed by atoms with E-state index in [0.29, 0.717) is 6.42 Å². The predicted molar refractivity (Wildman–Crippen MR) is 85.2 cm³/mol. The van der Waals surface area contributed by atoms with Crippen molar-refractivity contribution in [2.45, 2.75) is 31.7 Å². The van der Waals surface area contributed by atoms with Crippen LogP contribution in [0, 0.1) is 5.82 Å². The minimum atomic E-state index is -0.217. The Hall–Kier alpha value is -1.19. The van der Waals surface area contributed by atoms with E-state index in [9.17, 15) is 4.39 Å². The quantitative estimate of drug-likeness (QED) is 0.827. The van der Waals surface area contributed by atoms with Gasteiger partial charge >= 0.3 is 0 Å². The minimum absolute atomic E-state index is 0.0763. The number of aryl methyl sites for hydroxylation is 1. The van der Waals surface area contributed by atoms with Crippen molar-refractivity contribution in [2.24, 2.45) is 5.73 Å². The van der Waals surface area contributed by atoms with E-state index in [0.717, 1.165) is 29.3 Å². The summed E-state index contributed by atoms with van der Waals surface area (Å²) in [6.45, 7) is 0. The van der Waals surface area contributed by atoms with Crippen molar-refractivity contribution >= 4 is 15.9 Å². The van der Waals surface area contributed by atoms with E-state index < -0.39 is 0 Å². The molecule has 0 spiro atoms. The smallest absolute Gasteiger partial charge is 0.124 e.